The summed E-state index contributed by atoms with van der Waals surface area (Å²) in [5.74, 6) is 0. The maximum atomic E-state index is 8.24. The summed E-state index contributed by atoms with van der Waals surface area (Å²) in [4.78, 5) is 8.24. The average molecular weight is 195 g/mol. The molecule has 0 bridgehead atoms. The molecule has 0 aromatic carbocycles. The normalized spacial score (nSPS) is 3.00. The molecule has 4 heavy (non-hydrogen) atoms. The van der Waals surface area contributed by atoms with E-state index in [4.69, 9.17) is 9.90 Å². The summed E-state index contributed by atoms with van der Waals surface area (Å²) in [5.41, 5.74) is 0. The quantitative estimate of drug-likeness (QED) is 0.535. The van der Waals surface area contributed by atoms with E-state index in [1.54, 1.807) is 0 Å². The van der Waals surface area contributed by atoms with Crippen LogP contribution in [0.4, 0.5) is 0 Å². The molecule has 0 aromatic rings. The van der Waals surface area contributed by atoms with E-state index in [0.29, 0.717) is 6.47 Å². The Hall–Kier alpha value is 0.808. The van der Waals surface area contributed by atoms with E-state index in [-0.39, 0.29) is 40.4 Å². The minimum Gasteiger partial charge on any atom is -0.665 e. The smallest absolute Gasteiger partial charge is 0 e. The third-order valence-corrected chi connectivity index (χ3v) is 0. The molecule has 0 rings (SSSR count). The fourth-order valence-corrected chi connectivity index (χ4v) is 0. The van der Waals surface area contributed by atoms with Crippen molar-refractivity contribution >= 4 is 6.47 Å². The summed E-state index contributed by atoms with van der Waals surface area (Å²) in [5, 5.41) is 6.76. The van der Waals surface area contributed by atoms with Crippen LogP contribution in [0, 0.1) is 40.4 Å². The van der Waals surface area contributed by atoms with Gasteiger partial charge in [0.1, 0.15) is 0 Å². The van der Waals surface area contributed by atoms with E-state index in [9.17, 15) is 0 Å². The number of aliphatic hydroxyl groups excluding tert-OH is 1. The van der Waals surface area contributed by atoms with Crippen molar-refractivity contribution in [3.63, 3.8) is 0 Å². The fourth-order valence-electron chi connectivity index (χ4n) is 0. The summed E-state index contributed by atoms with van der Waals surface area (Å²) in [6.07, 6.45) is 0. The van der Waals surface area contributed by atoms with Crippen molar-refractivity contribution < 1.29 is 50.3 Å². The molecule has 0 aliphatic heterocycles. The molecule has 0 fully saturated rings. The first kappa shape index (κ1) is 8.84. The van der Waals surface area contributed by atoms with Crippen LogP contribution in [0.1, 0.15) is 0 Å². The zero-order valence-corrected chi connectivity index (χ0v) is 4.38. The molecule has 24 valence electrons. The van der Waals surface area contributed by atoms with Gasteiger partial charge in [-0.2, -0.15) is 0 Å². The molecular weight excluding hydrogens is 194 g/mol. The van der Waals surface area contributed by atoms with Gasteiger partial charge in [-0.15, -0.1) is 0 Å². The number of hydrogen-bond acceptors (Lipinski definition) is 1. The van der Waals surface area contributed by atoms with Crippen molar-refractivity contribution in [1.82, 2.24) is 0 Å². The van der Waals surface area contributed by atoms with Gasteiger partial charge in [-0.25, -0.2) is 0 Å². The van der Waals surface area contributed by atoms with Gasteiger partial charge in [0.05, 0.1) is 0 Å². The second-order valence-electron chi connectivity index (χ2n) is 0.0913. The topological polar surface area (TPSA) is 37.3 Å². The van der Waals surface area contributed by atoms with Crippen molar-refractivity contribution in [1.29, 1.82) is 0 Å². The largest absolute Gasteiger partial charge is 0.665 e. The Bertz CT molecular complexity index is 13.5. The molecular formula is CHO2Sm-. The molecule has 0 atom stereocenters. The molecule has 0 saturated carbocycles. The van der Waals surface area contributed by atoms with Crippen molar-refractivity contribution in [2.24, 2.45) is 0 Å². The van der Waals surface area contributed by atoms with Gasteiger partial charge in [0.15, 0.2) is 0 Å². The Morgan fingerprint density at radius 3 is 1.75 bits per heavy atom. The van der Waals surface area contributed by atoms with Crippen LogP contribution in [-0.4, -0.2) is 11.6 Å². The van der Waals surface area contributed by atoms with Crippen LogP contribution >= 0.6 is 0 Å². The van der Waals surface area contributed by atoms with Gasteiger partial charge in [-0.05, 0) is 0 Å². The van der Waals surface area contributed by atoms with Crippen LogP contribution in [0.25, 0.3) is 0 Å². The van der Waals surface area contributed by atoms with Gasteiger partial charge < -0.3 is 9.90 Å². The summed E-state index contributed by atoms with van der Waals surface area (Å²) in [7, 11) is 0. The molecule has 0 amide bonds. The Morgan fingerprint density at radius 2 is 1.75 bits per heavy atom. The summed E-state index contributed by atoms with van der Waals surface area (Å²) in [6, 6.07) is 0. The predicted octanol–water partition coefficient (Wildman–Crippen LogP) is -0.388. The molecule has 0 unspecified atom stereocenters. The van der Waals surface area contributed by atoms with E-state index >= 15 is 0 Å². The predicted molar refractivity (Wildman–Crippen MR) is 8.32 cm³/mol. The fraction of sp³-hybridized carbons (Fsp3) is 0. The standard InChI is InChI=1S/CHO2.Sm/c2-1-3;/h(H,2,3);/q-1;. The van der Waals surface area contributed by atoms with Crippen molar-refractivity contribution in [2.45, 2.75) is 0 Å². The van der Waals surface area contributed by atoms with Gasteiger partial charge in [0.25, 0.3) is 0 Å². The number of hydrogen-bond donors (Lipinski definition) is 1. The van der Waals surface area contributed by atoms with Crippen LogP contribution in [0.3, 0.4) is 0 Å². The molecule has 2 nitrogen and oxygen atoms in total. The molecule has 0 aliphatic carbocycles. The van der Waals surface area contributed by atoms with E-state index < -0.39 is 0 Å². The molecule has 0 aromatic heterocycles. The molecule has 1 N–H and O–H groups in total. The Kier molecular flexibility index (Phi) is 20.3. The van der Waals surface area contributed by atoms with Crippen LogP contribution in [0.2, 0.25) is 0 Å². The Balaban J connectivity index is 0. The first-order valence-electron chi connectivity index (χ1n) is 0.428. The van der Waals surface area contributed by atoms with Gasteiger partial charge in [-0.1, -0.05) is 6.47 Å². The number of rotatable bonds is 0. The van der Waals surface area contributed by atoms with E-state index in [0.717, 1.165) is 0 Å². The van der Waals surface area contributed by atoms with Gasteiger partial charge in [0, 0.05) is 40.4 Å². The SMILES string of the molecule is O=[C-]O.[Sm]. The molecule has 0 saturated heterocycles. The Morgan fingerprint density at radius 1 is 1.75 bits per heavy atom. The maximum Gasteiger partial charge on any atom is 0 e. The molecule has 0 heterocycles. The zero-order valence-electron chi connectivity index (χ0n) is 1.76. The maximum absolute atomic E-state index is 8.24. The third kappa shape index (κ3) is 14.1. The zero-order chi connectivity index (χ0) is 2.71. The summed E-state index contributed by atoms with van der Waals surface area (Å²) < 4.78 is 0. The van der Waals surface area contributed by atoms with Crippen LogP contribution < -0.4 is 0 Å². The van der Waals surface area contributed by atoms with E-state index in [1.807, 2.05) is 0 Å². The minimum atomic E-state index is 0. The second kappa shape index (κ2) is 9.19. The molecule has 0 aliphatic rings. The van der Waals surface area contributed by atoms with Crippen molar-refractivity contribution in [3.05, 3.63) is 0 Å². The van der Waals surface area contributed by atoms with Gasteiger partial charge in [0.2, 0.25) is 0 Å². The Labute approximate surface area is 56.3 Å². The van der Waals surface area contributed by atoms with Crippen LogP contribution in [0.5, 0.6) is 0 Å². The molecule has 3 heteroatoms. The average Bonchev–Trinajstić information content (AvgIpc) is 0.918. The summed E-state index contributed by atoms with van der Waals surface area (Å²) in [6.45, 7) is 0.500. The van der Waals surface area contributed by atoms with Crippen LogP contribution in [-0.2, 0) is 4.79 Å². The molecule has 0 spiro atoms. The van der Waals surface area contributed by atoms with Crippen molar-refractivity contribution in [3.8, 4) is 0 Å². The van der Waals surface area contributed by atoms with Crippen LogP contribution in [0.15, 0.2) is 0 Å². The first-order chi connectivity index (χ1) is 1.41. The van der Waals surface area contributed by atoms with Gasteiger partial charge in [-0.3, -0.25) is 0 Å². The molecule has 0 radical (unpaired) electrons. The van der Waals surface area contributed by atoms with E-state index in [1.165, 1.54) is 0 Å². The minimum absolute atomic E-state index is 0. The third-order valence-electron chi connectivity index (χ3n) is 0. The monoisotopic (exact) mass is 197 g/mol. The van der Waals surface area contributed by atoms with E-state index in [2.05, 4.69) is 0 Å². The summed E-state index contributed by atoms with van der Waals surface area (Å²) >= 11 is 0. The van der Waals surface area contributed by atoms with Crippen molar-refractivity contribution in [2.75, 3.05) is 0 Å². The van der Waals surface area contributed by atoms with Gasteiger partial charge >= 0.3 is 0 Å². The second-order valence-corrected chi connectivity index (χ2v) is 0.0913. The first-order valence-corrected chi connectivity index (χ1v) is 0.428.